The van der Waals surface area contributed by atoms with Gasteiger partial charge in [-0.3, -0.25) is 9.00 Å². The highest BCUT2D eigenvalue weighted by Gasteiger charge is 2.21. The molecular weight excluding hydrogens is 248 g/mol. The maximum absolute atomic E-state index is 12.1. The van der Waals surface area contributed by atoms with E-state index in [0.717, 1.165) is 38.9 Å². The summed E-state index contributed by atoms with van der Waals surface area (Å²) in [5, 5.41) is 3.43. The molecule has 1 saturated heterocycles. The largest absolute Gasteiger partial charge is 0.341 e. The van der Waals surface area contributed by atoms with Gasteiger partial charge in [-0.05, 0) is 39.2 Å². The van der Waals surface area contributed by atoms with Gasteiger partial charge in [0.15, 0.2) is 0 Å². The maximum Gasteiger partial charge on any atom is 0.239 e. The van der Waals surface area contributed by atoms with Gasteiger partial charge in [0, 0.05) is 35.4 Å². The standard InChI is InChI=1S/C13H26N2O2S/c1-11(18(3)17)7-8-14-12(2)13(16)15-9-5-4-6-10-15/h11-12,14H,4-10H2,1-3H3. The Morgan fingerprint density at radius 3 is 2.44 bits per heavy atom. The average molecular weight is 274 g/mol. The van der Waals surface area contributed by atoms with Gasteiger partial charge >= 0.3 is 0 Å². The molecule has 0 saturated carbocycles. The van der Waals surface area contributed by atoms with E-state index in [1.54, 1.807) is 6.26 Å². The van der Waals surface area contributed by atoms with Crippen LogP contribution in [0, 0.1) is 0 Å². The Bertz CT molecular complexity index is 291. The fraction of sp³-hybridized carbons (Fsp3) is 0.923. The van der Waals surface area contributed by atoms with Crippen LogP contribution in [0.3, 0.4) is 0 Å². The van der Waals surface area contributed by atoms with Gasteiger partial charge in [0.25, 0.3) is 0 Å². The van der Waals surface area contributed by atoms with E-state index < -0.39 is 10.8 Å². The van der Waals surface area contributed by atoms with Crippen LogP contribution in [0.5, 0.6) is 0 Å². The number of rotatable bonds is 6. The third-order valence-electron chi connectivity index (χ3n) is 3.61. The Balaban J connectivity index is 2.24. The number of piperidine rings is 1. The van der Waals surface area contributed by atoms with Gasteiger partial charge in [-0.1, -0.05) is 6.92 Å². The molecule has 3 atom stereocenters. The molecule has 4 nitrogen and oxygen atoms in total. The van der Waals surface area contributed by atoms with Crippen LogP contribution in [0.1, 0.15) is 39.5 Å². The molecule has 1 amide bonds. The van der Waals surface area contributed by atoms with E-state index in [1.165, 1.54) is 6.42 Å². The monoisotopic (exact) mass is 274 g/mol. The highest BCUT2D eigenvalue weighted by Crippen LogP contribution is 2.10. The first-order valence-corrected chi connectivity index (χ1v) is 8.49. The second-order valence-electron chi connectivity index (χ2n) is 5.16. The molecule has 106 valence electrons. The van der Waals surface area contributed by atoms with Crippen molar-refractivity contribution in [1.29, 1.82) is 0 Å². The lowest BCUT2D eigenvalue weighted by Gasteiger charge is -2.29. The summed E-state index contributed by atoms with van der Waals surface area (Å²) in [6.45, 7) is 6.46. The third kappa shape index (κ3) is 5.06. The topological polar surface area (TPSA) is 49.4 Å². The zero-order chi connectivity index (χ0) is 13.5. The molecule has 0 spiro atoms. The molecule has 0 aromatic heterocycles. The van der Waals surface area contributed by atoms with E-state index in [0.29, 0.717) is 0 Å². The molecule has 0 aromatic rings. The second-order valence-corrected chi connectivity index (χ2v) is 6.96. The van der Waals surface area contributed by atoms with Crippen LogP contribution >= 0.6 is 0 Å². The van der Waals surface area contributed by atoms with E-state index in [1.807, 2.05) is 18.7 Å². The first-order chi connectivity index (χ1) is 8.52. The van der Waals surface area contributed by atoms with Gasteiger partial charge in [-0.25, -0.2) is 0 Å². The minimum absolute atomic E-state index is 0.124. The Kier molecular flexibility index (Phi) is 6.86. The fourth-order valence-corrected chi connectivity index (χ4v) is 2.59. The first kappa shape index (κ1) is 15.6. The molecule has 1 fully saturated rings. The number of likely N-dealkylation sites (tertiary alicyclic amines) is 1. The van der Waals surface area contributed by atoms with Crippen LogP contribution in [0.4, 0.5) is 0 Å². The Hall–Kier alpha value is -0.420. The van der Waals surface area contributed by atoms with Gasteiger partial charge in [0.05, 0.1) is 6.04 Å². The van der Waals surface area contributed by atoms with Crippen LogP contribution in [-0.4, -0.2) is 52.2 Å². The molecule has 0 aromatic carbocycles. The average Bonchev–Trinajstić information content (AvgIpc) is 2.38. The van der Waals surface area contributed by atoms with Crippen molar-refractivity contribution in [3.8, 4) is 0 Å². The van der Waals surface area contributed by atoms with Crippen molar-refractivity contribution in [1.82, 2.24) is 10.2 Å². The maximum atomic E-state index is 12.1. The van der Waals surface area contributed by atoms with Crippen LogP contribution in [0.25, 0.3) is 0 Å². The quantitative estimate of drug-likeness (QED) is 0.790. The van der Waals surface area contributed by atoms with Gasteiger partial charge in [-0.15, -0.1) is 0 Å². The summed E-state index contributed by atoms with van der Waals surface area (Å²) in [5.74, 6) is 0.208. The van der Waals surface area contributed by atoms with Crippen molar-refractivity contribution in [3.63, 3.8) is 0 Å². The van der Waals surface area contributed by atoms with E-state index in [2.05, 4.69) is 5.32 Å². The molecule has 1 aliphatic heterocycles. The summed E-state index contributed by atoms with van der Waals surface area (Å²) in [6.07, 6.45) is 6.08. The van der Waals surface area contributed by atoms with Crippen molar-refractivity contribution in [2.24, 2.45) is 0 Å². The van der Waals surface area contributed by atoms with Crippen LogP contribution in [0.2, 0.25) is 0 Å². The summed E-state index contributed by atoms with van der Waals surface area (Å²) in [5.41, 5.74) is 0. The summed E-state index contributed by atoms with van der Waals surface area (Å²) < 4.78 is 11.2. The molecule has 1 rings (SSSR count). The van der Waals surface area contributed by atoms with E-state index in [9.17, 15) is 9.00 Å². The van der Waals surface area contributed by atoms with Gasteiger partial charge in [-0.2, -0.15) is 0 Å². The van der Waals surface area contributed by atoms with Crippen LogP contribution < -0.4 is 5.32 Å². The van der Waals surface area contributed by atoms with Crippen molar-refractivity contribution in [2.75, 3.05) is 25.9 Å². The van der Waals surface area contributed by atoms with Crippen molar-refractivity contribution in [2.45, 2.75) is 50.8 Å². The lowest BCUT2D eigenvalue weighted by atomic mass is 10.1. The minimum Gasteiger partial charge on any atom is -0.341 e. The first-order valence-electron chi connectivity index (χ1n) is 6.86. The highest BCUT2D eigenvalue weighted by atomic mass is 32.2. The smallest absolute Gasteiger partial charge is 0.239 e. The number of amides is 1. The summed E-state index contributed by atoms with van der Waals surface area (Å²) >= 11 is 0. The zero-order valence-corrected chi connectivity index (χ0v) is 12.6. The normalized spacial score (nSPS) is 21.4. The SMILES string of the molecule is CC(NCCC(C)S(C)=O)C(=O)N1CCCCC1. The van der Waals surface area contributed by atoms with Crippen LogP contribution in [0.15, 0.2) is 0 Å². The molecular formula is C13H26N2O2S. The number of hydrogen-bond acceptors (Lipinski definition) is 3. The number of carbonyl (C=O) groups is 1. The summed E-state index contributed by atoms with van der Waals surface area (Å²) in [7, 11) is -0.775. The van der Waals surface area contributed by atoms with Crippen molar-refractivity contribution in [3.05, 3.63) is 0 Å². The number of carbonyl (C=O) groups excluding carboxylic acids is 1. The van der Waals surface area contributed by atoms with E-state index in [-0.39, 0.29) is 17.2 Å². The second kappa shape index (κ2) is 7.89. The summed E-state index contributed by atoms with van der Waals surface area (Å²) in [6, 6.07) is -0.124. The van der Waals surface area contributed by atoms with E-state index >= 15 is 0 Å². The lowest BCUT2D eigenvalue weighted by molar-refractivity contribution is -0.133. The molecule has 3 unspecified atom stereocenters. The third-order valence-corrected chi connectivity index (χ3v) is 4.98. The van der Waals surface area contributed by atoms with E-state index in [4.69, 9.17) is 0 Å². The molecule has 0 bridgehead atoms. The summed E-state index contributed by atoms with van der Waals surface area (Å²) in [4.78, 5) is 14.1. The minimum atomic E-state index is -0.775. The Labute approximate surface area is 113 Å². The number of hydrogen-bond donors (Lipinski definition) is 1. The molecule has 1 aliphatic rings. The lowest BCUT2D eigenvalue weighted by Crippen LogP contribution is -2.47. The Morgan fingerprint density at radius 1 is 1.28 bits per heavy atom. The number of nitrogens with one attached hydrogen (secondary N) is 1. The van der Waals surface area contributed by atoms with Gasteiger partial charge in [0.1, 0.15) is 0 Å². The number of nitrogens with zero attached hydrogens (tertiary/aromatic N) is 1. The fourth-order valence-electron chi connectivity index (χ4n) is 2.14. The molecule has 1 N–H and O–H groups in total. The molecule has 1 heterocycles. The Morgan fingerprint density at radius 2 is 1.89 bits per heavy atom. The molecule has 18 heavy (non-hydrogen) atoms. The van der Waals surface area contributed by atoms with Gasteiger partial charge in [0.2, 0.25) is 5.91 Å². The predicted molar refractivity (Wildman–Crippen MR) is 76.0 cm³/mol. The van der Waals surface area contributed by atoms with Crippen molar-refractivity contribution < 1.29 is 9.00 Å². The van der Waals surface area contributed by atoms with Crippen LogP contribution in [-0.2, 0) is 15.6 Å². The zero-order valence-electron chi connectivity index (χ0n) is 11.8. The highest BCUT2D eigenvalue weighted by molar-refractivity contribution is 7.84. The van der Waals surface area contributed by atoms with Crippen molar-refractivity contribution >= 4 is 16.7 Å². The molecule has 0 radical (unpaired) electrons. The van der Waals surface area contributed by atoms with Gasteiger partial charge < -0.3 is 10.2 Å². The molecule has 0 aliphatic carbocycles. The molecule has 5 heteroatoms. The predicted octanol–water partition coefficient (Wildman–Crippen LogP) is 1.13.